The molecule has 3 fully saturated rings. The van der Waals surface area contributed by atoms with Gasteiger partial charge in [0.25, 0.3) is 10.1 Å². The summed E-state index contributed by atoms with van der Waals surface area (Å²) >= 11 is 0. The number of rotatable bonds is 5. The van der Waals surface area contributed by atoms with Gasteiger partial charge in [0.1, 0.15) is 0 Å². The van der Waals surface area contributed by atoms with Crippen LogP contribution in [0.1, 0.15) is 84.5 Å². The van der Waals surface area contributed by atoms with Gasteiger partial charge in [0.2, 0.25) is 0 Å². The lowest BCUT2D eigenvalue weighted by molar-refractivity contribution is -0.604. The van der Waals surface area contributed by atoms with Crippen LogP contribution in [0.3, 0.4) is 0 Å². The van der Waals surface area contributed by atoms with Crippen molar-refractivity contribution >= 4 is 15.8 Å². The van der Waals surface area contributed by atoms with Crippen LogP contribution in [0, 0.1) is 17.3 Å². The lowest BCUT2D eigenvalue weighted by Crippen LogP contribution is -2.44. The van der Waals surface area contributed by atoms with Crippen LogP contribution in [-0.4, -0.2) is 76.8 Å². The molecule has 2 N–H and O–H groups in total. The molecule has 0 radical (unpaired) electrons. The molecule has 33 heavy (non-hydrogen) atoms. The zero-order valence-electron chi connectivity index (χ0n) is 21.0. The van der Waals surface area contributed by atoms with Crippen molar-refractivity contribution in [2.75, 3.05) is 14.1 Å². The fourth-order valence-electron chi connectivity index (χ4n) is 7.38. The number of nitrogens with zero attached hydrogens (tertiary/aromatic N) is 2. The van der Waals surface area contributed by atoms with E-state index in [9.17, 15) is 18.1 Å². The largest absolute Gasteiger partial charge is 0.392 e. The number of hydrogen-bond donors (Lipinski definition) is 2. The molecule has 0 aromatic heterocycles. The van der Waals surface area contributed by atoms with E-state index >= 15 is 0 Å². The Morgan fingerprint density at radius 1 is 1.00 bits per heavy atom. The molecule has 4 rings (SSSR count). The highest BCUT2D eigenvalue weighted by Crippen LogP contribution is 2.49. The van der Waals surface area contributed by atoms with Crippen molar-refractivity contribution in [2.45, 2.75) is 114 Å². The highest BCUT2D eigenvalue weighted by atomic mass is 32.2. The van der Waals surface area contributed by atoms with E-state index in [1.165, 1.54) is 37.8 Å². The van der Waals surface area contributed by atoms with Crippen molar-refractivity contribution in [2.24, 2.45) is 17.3 Å². The smallest absolute Gasteiger partial charge is 0.267 e. The molecular formula is C26H45N2O4S+. The summed E-state index contributed by atoms with van der Waals surface area (Å²) in [6.07, 6.45) is 15.3. The molecule has 0 saturated heterocycles. The first kappa shape index (κ1) is 25.3. The van der Waals surface area contributed by atoms with Crippen molar-refractivity contribution in [3.05, 3.63) is 12.2 Å². The van der Waals surface area contributed by atoms with Gasteiger partial charge < -0.3 is 10.0 Å². The molecule has 6 nitrogen and oxygen atoms in total. The van der Waals surface area contributed by atoms with Crippen LogP contribution in [0.5, 0.6) is 0 Å². The minimum absolute atomic E-state index is 0.159. The van der Waals surface area contributed by atoms with E-state index in [1.54, 1.807) is 0 Å². The van der Waals surface area contributed by atoms with Gasteiger partial charge in [-0.3, -0.25) is 4.55 Å². The standard InChI is InChI=1S/C26H44N2O4S/c1-26(2)22-17-21(33(30,31)32)13-14-23(22)28(19-8-6-5-7-9-19)25(26)15-11-18-10-12-20(27(3)4)16-24(18)29/h11,15,18-24,29H,5-10,12-14,16-17H2,1-4H3/p+1/b15-11+. The molecule has 1 aliphatic heterocycles. The highest BCUT2D eigenvalue weighted by Gasteiger charge is 2.58. The van der Waals surface area contributed by atoms with Gasteiger partial charge in [0, 0.05) is 43.2 Å². The first-order chi connectivity index (χ1) is 15.5. The number of allylic oxidation sites excluding steroid dienone is 1. The molecule has 0 aromatic rings. The maximum absolute atomic E-state index is 12.0. The molecule has 3 saturated carbocycles. The Kier molecular flexibility index (Phi) is 7.46. The third-order valence-corrected chi connectivity index (χ3v) is 10.7. The van der Waals surface area contributed by atoms with Gasteiger partial charge in [-0.2, -0.15) is 8.42 Å². The Labute approximate surface area is 200 Å². The van der Waals surface area contributed by atoms with Gasteiger partial charge in [0.05, 0.1) is 16.8 Å². The molecule has 3 aliphatic carbocycles. The van der Waals surface area contributed by atoms with Gasteiger partial charge in [-0.15, -0.1) is 0 Å². The monoisotopic (exact) mass is 481 g/mol. The Morgan fingerprint density at radius 3 is 2.30 bits per heavy atom. The fourth-order valence-corrected chi connectivity index (χ4v) is 8.27. The quantitative estimate of drug-likeness (QED) is 0.460. The summed E-state index contributed by atoms with van der Waals surface area (Å²) < 4.78 is 36.4. The minimum Gasteiger partial charge on any atom is -0.392 e. The fraction of sp³-hybridized carbons (Fsp3) is 0.885. The van der Waals surface area contributed by atoms with Gasteiger partial charge >= 0.3 is 0 Å². The second-order valence-electron chi connectivity index (χ2n) is 12.0. The van der Waals surface area contributed by atoms with Crippen molar-refractivity contribution < 1.29 is 22.7 Å². The molecule has 0 aromatic carbocycles. The maximum atomic E-state index is 12.0. The predicted octanol–water partition coefficient (Wildman–Crippen LogP) is 3.88. The topological polar surface area (TPSA) is 80.9 Å². The van der Waals surface area contributed by atoms with Gasteiger partial charge in [0.15, 0.2) is 17.8 Å². The summed E-state index contributed by atoms with van der Waals surface area (Å²) in [5.41, 5.74) is 1.16. The average molecular weight is 482 g/mol. The SMILES string of the molecule is CN(C)C1CCC(/C=C/C2=[N+](C3CCCCC3)C3CCC(S(=O)(=O)O)CC3C2(C)C)C(O)C1. The Morgan fingerprint density at radius 2 is 1.70 bits per heavy atom. The Bertz CT molecular complexity index is 873. The second-order valence-corrected chi connectivity index (χ2v) is 13.6. The summed E-state index contributed by atoms with van der Waals surface area (Å²) in [5, 5.41) is 10.2. The molecule has 4 aliphatic rings. The van der Waals surface area contributed by atoms with Crippen LogP contribution in [0.15, 0.2) is 12.2 Å². The zero-order chi connectivity index (χ0) is 24.0. The number of aliphatic hydroxyl groups is 1. The first-order valence-electron chi connectivity index (χ1n) is 13.1. The Hall–Kier alpha value is -0.760. The summed E-state index contributed by atoms with van der Waals surface area (Å²) in [4.78, 5) is 2.22. The predicted molar refractivity (Wildman–Crippen MR) is 132 cm³/mol. The summed E-state index contributed by atoms with van der Waals surface area (Å²) in [5.74, 6) is 0.389. The summed E-state index contributed by atoms with van der Waals surface area (Å²) in [6.45, 7) is 4.53. The van der Waals surface area contributed by atoms with E-state index < -0.39 is 15.4 Å². The number of fused-ring (bicyclic) bond motifs is 1. The van der Waals surface area contributed by atoms with E-state index in [2.05, 4.69) is 49.6 Å². The van der Waals surface area contributed by atoms with Crippen LogP contribution in [-0.2, 0) is 10.1 Å². The van der Waals surface area contributed by atoms with Crippen molar-refractivity contribution in [3.8, 4) is 0 Å². The van der Waals surface area contributed by atoms with Gasteiger partial charge in [-0.25, -0.2) is 4.58 Å². The molecule has 0 amide bonds. The van der Waals surface area contributed by atoms with Crippen LogP contribution < -0.4 is 0 Å². The third kappa shape index (κ3) is 5.12. The normalized spacial score (nSPS) is 38.3. The molecule has 0 spiro atoms. The maximum Gasteiger partial charge on any atom is 0.267 e. The van der Waals surface area contributed by atoms with E-state index in [0.717, 1.165) is 25.7 Å². The van der Waals surface area contributed by atoms with Crippen LogP contribution in [0.25, 0.3) is 0 Å². The average Bonchev–Trinajstić information content (AvgIpc) is 2.99. The molecule has 0 bridgehead atoms. The van der Waals surface area contributed by atoms with Crippen molar-refractivity contribution in [3.63, 3.8) is 0 Å². The third-order valence-electron chi connectivity index (χ3n) is 9.45. The van der Waals surface area contributed by atoms with E-state index in [-0.39, 0.29) is 23.4 Å². The first-order valence-corrected chi connectivity index (χ1v) is 14.6. The van der Waals surface area contributed by atoms with Crippen LogP contribution in [0.4, 0.5) is 0 Å². The second kappa shape index (κ2) is 9.71. The molecule has 1 heterocycles. The minimum atomic E-state index is -4.01. The van der Waals surface area contributed by atoms with Crippen LogP contribution >= 0.6 is 0 Å². The van der Waals surface area contributed by atoms with Crippen LogP contribution in [0.2, 0.25) is 0 Å². The van der Waals surface area contributed by atoms with Gasteiger partial charge in [-0.05, 0) is 72.9 Å². The molecular weight excluding hydrogens is 436 g/mol. The van der Waals surface area contributed by atoms with E-state index in [4.69, 9.17) is 0 Å². The number of aliphatic hydroxyl groups excluding tert-OH is 1. The Balaban J connectivity index is 1.63. The van der Waals surface area contributed by atoms with Crippen molar-refractivity contribution in [1.82, 2.24) is 4.90 Å². The highest BCUT2D eigenvalue weighted by molar-refractivity contribution is 7.86. The van der Waals surface area contributed by atoms with Crippen molar-refractivity contribution in [1.29, 1.82) is 0 Å². The zero-order valence-corrected chi connectivity index (χ0v) is 21.8. The van der Waals surface area contributed by atoms with E-state index in [0.29, 0.717) is 31.0 Å². The molecule has 6 unspecified atom stereocenters. The van der Waals surface area contributed by atoms with Gasteiger partial charge in [-0.1, -0.05) is 12.5 Å². The molecule has 188 valence electrons. The summed E-state index contributed by atoms with van der Waals surface area (Å²) in [6, 6.07) is 1.30. The lowest BCUT2D eigenvalue weighted by atomic mass is 9.68. The summed E-state index contributed by atoms with van der Waals surface area (Å²) in [7, 11) is 0.176. The molecule has 7 heteroatoms. The number of hydrogen-bond acceptors (Lipinski definition) is 4. The lowest BCUT2D eigenvalue weighted by Gasteiger charge is -2.35. The molecule has 6 atom stereocenters. The van der Waals surface area contributed by atoms with E-state index in [1.807, 2.05) is 0 Å².